The van der Waals surface area contributed by atoms with Gasteiger partial charge in [0, 0.05) is 24.2 Å². The second-order valence-electron chi connectivity index (χ2n) is 8.68. The highest BCUT2D eigenvalue weighted by Gasteiger charge is 2.28. The van der Waals surface area contributed by atoms with Crippen molar-refractivity contribution in [1.82, 2.24) is 18.0 Å². The fraction of sp³-hybridized carbons (Fsp3) is 0.192. The van der Waals surface area contributed by atoms with Crippen molar-refractivity contribution >= 4 is 43.7 Å². The number of benzene rings is 3. The third-order valence-corrected chi connectivity index (χ3v) is 8.44. The highest BCUT2D eigenvalue weighted by molar-refractivity contribution is 7.89. The molecule has 0 fully saturated rings. The second kappa shape index (κ2) is 9.33. The van der Waals surface area contributed by atoms with Gasteiger partial charge in [0.15, 0.2) is 0 Å². The lowest BCUT2D eigenvalue weighted by Crippen LogP contribution is -2.34. The summed E-state index contributed by atoms with van der Waals surface area (Å²) in [4.78, 5) is 15.9. The van der Waals surface area contributed by atoms with E-state index in [4.69, 9.17) is 0 Å². The molecular weight excluding hydrogens is 480 g/mol. The van der Waals surface area contributed by atoms with E-state index >= 15 is 0 Å². The summed E-state index contributed by atoms with van der Waals surface area (Å²) in [5.74, 6) is 0. The Morgan fingerprint density at radius 2 is 1.74 bits per heavy atom. The van der Waals surface area contributed by atoms with Gasteiger partial charge in [0.05, 0.1) is 11.7 Å². The molecule has 9 heteroatoms. The van der Waals surface area contributed by atoms with Gasteiger partial charge < -0.3 is 4.98 Å². The third-order valence-electron chi connectivity index (χ3n) is 6.02. The Balaban J connectivity index is 1.57. The number of H-pyrrole nitrogens is 1. The highest BCUT2D eigenvalue weighted by Crippen LogP contribution is 2.26. The molecular formula is C26H24N4O3S2. The van der Waals surface area contributed by atoms with Gasteiger partial charge in [0.2, 0.25) is 10.0 Å². The van der Waals surface area contributed by atoms with Crippen molar-refractivity contribution in [3.05, 3.63) is 99.3 Å². The molecule has 1 N–H and O–H groups in total. The van der Waals surface area contributed by atoms with Crippen LogP contribution >= 0.6 is 11.7 Å². The van der Waals surface area contributed by atoms with Crippen molar-refractivity contribution < 1.29 is 8.42 Å². The second-order valence-corrected chi connectivity index (χ2v) is 11.1. The van der Waals surface area contributed by atoms with E-state index < -0.39 is 10.0 Å². The van der Waals surface area contributed by atoms with E-state index in [0.717, 1.165) is 39.3 Å². The van der Waals surface area contributed by atoms with E-state index in [1.807, 2.05) is 56.3 Å². The van der Waals surface area contributed by atoms with Crippen LogP contribution in [0.2, 0.25) is 0 Å². The molecule has 35 heavy (non-hydrogen) atoms. The smallest absolute Gasteiger partial charge is 0.252 e. The Morgan fingerprint density at radius 1 is 0.943 bits per heavy atom. The van der Waals surface area contributed by atoms with Crippen LogP contribution in [-0.2, 0) is 23.0 Å². The predicted octanol–water partition coefficient (Wildman–Crippen LogP) is 4.58. The van der Waals surface area contributed by atoms with Gasteiger partial charge in [-0.1, -0.05) is 47.5 Å². The van der Waals surface area contributed by atoms with E-state index in [0.29, 0.717) is 23.0 Å². The third kappa shape index (κ3) is 4.75. The van der Waals surface area contributed by atoms with Crippen LogP contribution in [0.1, 0.15) is 22.3 Å². The average molecular weight is 505 g/mol. The molecule has 5 rings (SSSR count). The maximum Gasteiger partial charge on any atom is 0.252 e. The summed E-state index contributed by atoms with van der Waals surface area (Å²) >= 11 is 0.978. The molecule has 0 amide bonds. The van der Waals surface area contributed by atoms with Crippen LogP contribution in [-0.4, -0.2) is 33.0 Å². The number of fused-ring (bicyclic) bond motifs is 2. The van der Waals surface area contributed by atoms with Gasteiger partial charge in [0.25, 0.3) is 5.56 Å². The molecule has 2 heterocycles. The minimum absolute atomic E-state index is 0.0542. The first kappa shape index (κ1) is 23.3. The maximum atomic E-state index is 13.9. The number of pyridine rings is 1. The number of sulfonamides is 1. The molecule has 0 atom stereocenters. The normalized spacial score (nSPS) is 12.1. The van der Waals surface area contributed by atoms with E-state index in [-0.39, 0.29) is 23.5 Å². The van der Waals surface area contributed by atoms with Gasteiger partial charge in [0.1, 0.15) is 15.9 Å². The Labute approximate surface area is 207 Å². The zero-order valence-electron chi connectivity index (χ0n) is 19.4. The number of hydrogen-bond acceptors (Lipinski definition) is 6. The van der Waals surface area contributed by atoms with Crippen molar-refractivity contribution in [2.24, 2.45) is 0 Å². The minimum Gasteiger partial charge on any atom is -0.322 e. The van der Waals surface area contributed by atoms with Crippen LogP contribution in [0.4, 0.5) is 0 Å². The molecule has 0 saturated heterocycles. The Morgan fingerprint density at radius 3 is 2.57 bits per heavy atom. The van der Waals surface area contributed by atoms with Gasteiger partial charge in [-0.3, -0.25) is 4.79 Å². The van der Waals surface area contributed by atoms with E-state index in [2.05, 4.69) is 13.7 Å². The molecule has 0 unspecified atom stereocenters. The monoisotopic (exact) mass is 504 g/mol. The molecule has 0 aliphatic heterocycles. The molecule has 3 aromatic carbocycles. The first-order valence-corrected chi connectivity index (χ1v) is 13.4. The van der Waals surface area contributed by atoms with Crippen LogP contribution < -0.4 is 5.56 Å². The summed E-state index contributed by atoms with van der Waals surface area (Å²) in [5, 5.41) is 0.862. The number of rotatable bonds is 7. The Kier molecular flexibility index (Phi) is 6.22. The summed E-state index contributed by atoms with van der Waals surface area (Å²) in [7, 11) is -3.97. The summed E-state index contributed by atoms with van der Waals surface area (Å²) in [6.07, 6.45) is 0.511. The first-order valence-electron chi connectivity index (χ1n) is 11.2. The quantitative estimate of drug-likeness (QED) is 0.350. The number of hydrogen-bond donors (Lipinski definition) is 1. The van der Waals surface area contributed by atoms with Crippen LogP contribution in [0.3, 0.4) is 0 Å². The first-order chi connectivity index (χ1) is 16.8. The Hall–Kier alpha value is -3.40. The summed E-state index contributed by atoms with van der Waals surface area (Å²) < 4.78 is 37.6. The maximum absolute atomic E-state index is 13.9. The topological polar surface area (TPSA) is 96.0 Å². The van der Waals surface area contributed by atoms with Crippen molar-refractivity contribution in [2.75, 3.05) is 6.54 Å². The zero-order valence-corrected chi connectivity index (χ0v) is 21.0. The number of aromatic amines is 1. The molecule has 178 valence electrons. The van der Waals surface area contributed by atoms with Gasteiger partial charge in [-0.15, -0.1) is 0 Å². The van der Waals surface area contributed by atoms with Gasteiger partial charge in [-0.05, 0) is 61.5 Å². The number of aryl methyl sites for hydroxylation is 2. The van der Waals surface area contributed by atoms with Crippen molar-refractivity contribution in [2.45, 2.75) is 31.7 Å². The van der Waals surface area contributed by atoms with E-state index in [1.165, 1.54) is 4.31 Å². The standard InChI is InChI=1S/C26H24N4O3S2/c1-17-5-3-6-19(13-17)11-12-30(35(32,33)24-8-4-7-23-25(24)29-34-28-23)16-21-15-20-14-18(2)9-10-22(20)27-26(21)31/h3-10,13-15H,11-12,16H2,1-2H3,(H,27,31). The van der Waals surface area contributed by atoms with Crippen molar-refractivity contribution in [3.63, 3.8) is 0 Å². The molecule has 0 radical (unpaired) electrons. The Bertz CT molecular complexity index is 1710. The molecule has 0 saturated carbocycles. The number of nitrogens with one attached hydrogen (secondary N) is 1. The molecule has 0 bridgehead atoms. The zero-order chi connectivity index (χ0) is 24.6. The summed E-state index contributed by atoms with van der Waals surface area (Å²) in [5.41, 5.74) is 4.89. The lowest BCUT2D eigenvalue weighted by atomic mass is 10.1. The molecule has 2 aromatic heterocycles. The average Bonchev–Trinajstić information content (AvgIpc) is 3.31. The number of aromatic nitrogens is 3. The molecule has 0 aliphatic rings. The molecule has 0 spiro atoms. The van der Waals surface area contributed by atoms with Crippen molar-refractivity contribution in [3.8, 4) is 0 Å². The molecule has 0 aliphatic carbocycles. The van der Waals surface area contributed by atoms with E-state index in [1.54, 1.807) is 24.3 Å². The van der Waals surface area contributed by atoms with Crippen LogP contribution in [0.25, 0.3) is 21.9 Å². The SMILES string of the molecule is Cc1cccc(CCN(Cc2cc3cc(C)ccc3[nH]c2=O)S(=O)(=O)c2cccc3nsnc23)c1. The fourth-order valence-corrected chi connectivity index (χ4v) is 6.38. The van der Waals surface area contributed by atoms with Gasteiger partial charge >= 0.3 is 0 Å². The van der Waals surface area contributed by atoms with Crippen LogP contribution in [0.15, 0.2) is 76.4 Å². The lowest BCUT2D eigenvalue weighted by molar-refractivity contribution is 0.408. The highest BCUT2D eigenvalue weighted by atomic mass is 32.2. The van der Waals surface area contributed by atoms with Gasteiger partial charge in [-0.2, -0.15) is 13.1 Å². The largest absolute Gasteiger partial charge is 0.322 e. The van der Waals surface area contributed by atoms with Crippen LogP contribution in [0, 0.1) is 13.8 Å². The summed E-state index contributed by atoms with van der Waals surface area (Å²) in [6.45, 7) is 4.14. The van der Waals surface area contributed by atoms with E-state index in [9.17, 15) is 13.2 Å². The van der Waals surface area contributed by atoms with Crippen molar-refractivity contribution in [1.29, 1.82) is 0 Å². The fourth-order valence-electron chi connectivity index (χ4n) is 4.21. The lowest BCUT2D eigenvalue weighted by Gasteiger charge is -2.22. The van der Waals surface area contributed by atoms with Gasteiger partial charge in [-0.25, -0.2) is 8.42 Å². The molecule has 5 aromatic rings. The van der Waals surface area contributed by atoms with Crippen LogP contribution in [0.5, 0.6) is 0 Å². The number of nitrogens with zero attached hydrogens (tertiary/aromatic N) is 3. The summed E-state index contributed by atoms with van der Waals surface area (Å²) in [6, 6.07) is 20.5. The predicted molar refractivity (Wildman–Crippen MR) is 139 cm³/mol. The minimum atomic E-state index is -3.97. The molecule has 7 nitrogen and oxygen atoms in total.